The largest absolute Gasteiger partial charge is 0.497 e. The van der Waals surface area contributed by atoms with Crippen LogP contribution in [-0.2, 0) is 0 Å². The van der Waals surface area contributed by atoms with E-state index in [2.05, 4.69) is 5.32 Å². The maximum absolute atomic E-state index is 12.0. The lowest BCUT2D eigenvalue weighted by Gasteiger charge is -2.28. The van der Waals surface area contributed by atoms with Crippen molar-refractivity contribution in [3.8, 4) is 5.75 Å². The number of hydrogen-bond donors (Lipinski definition) is 5. The smallest absolute Gasteiger partial charge is 0.254 e. The van der Waals surface area contributed by atoms with Crippen molar-refractivity contribution in [3.63, 3.8) is 0 Å². The standard InChI is InChI=1S/C12H18N2O5/c1-19-8-2-3-10(13)9(4-8)11(18)14-12(5-15,6-16)7-17/h2-4,15-17H,5-7,13H2,1H3,(H,14,18). The van der Waals surface area contributed by atoms with Gasteiger partial charge in [0.25, 0.3) is 5.91 Å². The van der Waals surface area contributed by atoms with Gasteiger partial charge in [-0.15, -0.1) is 0 Å². The number of carbonyl (C=O) groups excluding carboxylic acids is 1. The van der Waals surface area contributed by atoms with Crippen molar-refractivity contribution in [2.45, 2.75) is 5.54 Å². The van der Waals surface area contributed by atoms with E-state index in [9.17, 15) is 4.79 Å². The van der Waals surface area contributed by atoms with Crippen molar-refractivity contribution in [1.29, 1.82) is 0 Å². The first-order chi connectivity index (χ1) is 9.01. The Morgan fingerprint density at radius 2 is 1.89 bits per heavy atom. The topological polar surface area (TPSA) is 125 Å². The third kappa shape index (κ3) is 3.34. The van der Waals surface area contributed by atoms with Crippen LogP contribution in [0.1, 0.15) is 10.4 Å². The fourth-order valence-electron chi connectivity index (χ4n) is 1.44. The summed E-state index contributed by atoms with van der Waals surface area (Å²) in [7, 11) is 1.45. The summed E-state index contributed by atoms with van der Waals surface area (Å²) in [4.78, 5) is 12.0. The highest BCUT2D eigenvalue weighted by Gasteiger charge is 2.30. The van der Waals surface area contributed by atoms with Crippen molar-refractivity contribution in [2.75, 3.05) is 32.7 Å². The zero-order valence-corrected chi connectivity index (χ0v) is 10.6. The molecule has 0 aliphatic heterocycles. The normalized spacial score (nSPS) is 11.2. The Hall–Kier alpha value is -1.83. The molecule has 1 amide bonds. The molecule has 1 rings (SSSR count). The van der Waals surface area contributed by atoms with Crippen LogP contribution in [0.25, 0.3) is 0 Å². The lowest BCUT2D eigenvalue weighted by Crippen LogP contribution is -2.57. The fourth-order valence-corrected chi connectivity index (χ4v) is 1.44. The Kier molecular flexibility index (Phi) is 5.11. The summed E-state index contributed by atoms with van der Waals surface area (Å²) in [5, 5.41) is 29.8. The third-order valence-electron chi connectivity index (χ3n) is 2.79. The van der Waals surface area contributed by atoms with Gasteiger partial charge in [-0.1, -0.05) is 0 Å². The van der Waals surface area contributed by atoms with E-state index in [0.717, 1.165) is 0 Å². The molecule has 1 aromatic carbocycles. The number of hydrogen-bond acceptors (Lipinski definition) is 6. The highest BCUT2D eigenvalue weighted by Crippen LogP contribution is 2.20. The number of methoxy groups -OCH3 is 1. The first kappa shape index (κ1) is 15.2. The van der Waals surface area contributed by atoms with Crippen LogP contribution in [0.4, 0.5) is 5.69 Å². The van der Waals surface area contributed by atoms with Crippen molar-refractivity contribution in [1.82, 2.24) is 5.32 Å². The zero-order chi connectivity index (χ0) is 14.5. The minimum atomic E-state index is -1.49. The molecular formula is C12H18N2O5. The summed E-state index contributed by atoms with van der Waals surface area (Å²) >= 11 is 0. The highest BCUT2D eigenvalue weighted by molar-refractivity contribution is 6.00. The molecule has 7 heteroatoms. The second-order valence-electron chi connectivity index (χ2n) is 4.16. The Morgan fingerprint density at radius 1 is 1.32 bits per heavy atom. The summed E-state index contributed by atoms with van der Waals surface area (Å²) in [6.45, 7) is -1.80. The molecule has 106 valence electrons. The molecule has 0 spiro atoms. The molecule has 0 aliphatic rings. The van der Waals surface area contributed by atoms with Crippen LogP contribution in [0, 0.1) is 0 Å². The SMILES string of the molecule is COc1ccc(N)c(C(=O)NC(CO)(CO)CO)c1. The minimum absolute atomic E-state index is 0.138. The van der Waals surface area contributed by atoms with E-state index in [1.807, 2.05) is 0 Å². The number of anilines is 1. The number of nitrogens with two attached hydrogens (primary N) is 1. The summed E-state index contributed by atoms with van der Waals surface area (Å²) in [6.07, 6.45) is 0. The third-order valence-corrected chi connectivity index (χ3v) is 2.79. The Balaban J connectivity index is 3.00. The number of benzene rings is 1. The van der Waals surface area contributed by atoms with Gasteiger partial charge >= 0.3 is 0 Å². The second kappa shape index (κ2) is 6.37. The number of aliphatic hydroxyl groups excluding tert-OH is 3. The zero-order valence-electron chi connectivity index (χ0n) is 10.6. The minimum Gasteiger partial charge on any atom is -0.497 e. The molecule has 0 radical (unpaired) electrons. The summed E-state index contributed by atoms with van der Waals surface area (Å²) in [5.41, 5.74) is 4.55. The van der Waals surface area contributed by atoms with Gasteiger partial charge < -0.3 is 31.1 Å². The molecule has 0 fully saturated rings. The van der Waals surface area contributed by atoms with E-state index in [-0.39, 0.29) is 11.3 Å². The van der Waals surface area contributed by atoms with Crippen LogP contribution in [0.2, 0.25) is 0 Å². The van der Waals surface area contributed by atoms with Crippen molar-refractivity contribution < 1.29 is 24.9 Å². The van der Waals surface area contributed by atoms with Crippen LogP contribution < -0.4 is 15.8 Å². The quantitative estimate of drug-likeness (QED) is 0.410. The van der Waals surface area contributed by atoms with Gasteiger partial charge in [-0.2, -0.15) is 0 Å². The van der Waals surface area contributed by atoms with Gasteiger partial charge in [0.05, 0.1) is 32.5 Å². The summed E-state index contributed by atoms with van der Waals surface area (Å²) in [5.74, 6) is -0.171. The molecule has 0 heterocycles. The van der Waals surface area contributed by atoms with Crippen LogP contribution in [0.3, 0.4) is 0 Å². The van der Waals surface area contributed by atoms with E-state index in [0.29, 0.717) is 5.75 Å². The molecular weight excluding hydrogens is 252 g/mol. The van der Waals surface area contributed by atoms with E-state index in [4.69, 9.17) is 25.8 Å². The predicted octanol–water partition coefficient (Wildman–Crippen LogP) is -1.28. The van der Waals surface area contributed by atoms with Crippen LogP contribution in [0.5, 0.6) is 5.75 Å². The van der Waals surface area contributed by atoms with Gasteiger partial charge in [0.1, 0.15) is 11.3 Å². The molecule has 0 bridgehead atoms. The van der Waals surface area contributed by atoms with Gasteiger partial charge in [-0.05, 0) is 18.2 Å². The van der Waals surface area contributed by atoms with Gasteiger partial charge in [0.15, 0.2) is 0 Å². The number of nitrogen functional groups attached to an aromatic ring is 1. The first-order valence-electron chi connectivity index (χ1n) is 5.60. The van der Waals surface area contributed by atoms with Gasteiger partial charge in [0.2, 0.25) is 0 Å². The molecule has 6 N–H and O–H groups in total. The number of ether oxygens (including phenoxy) is 1. The average Bonchev–Trinajstić information content (AvgIpc) is 2.45. The van der Waals surface area contributed by atoms with Crippen LogP contribution >= 0.6 is 0 Å². The Labute approximate surface area is 110 Å². The van der Waals surface area contributed by atoms with E-state index in [1.54, 1.807) is 6.07 Å². The monoisotopic (exact) mass is 270 g/mol. The molecule has 19 heavy (non-hydrogen) atoms. The number of rotatable bonds is 6. The van der Waals surface area contributed by atoms with E-state index < -0.39 is 31.3 Å². The fraction of sp³-hybridized carbons (Fsp3) is 0.417. The van der Waals surface area contributed by atoms with Crippen LogP contribution in [0.15, 0.2) is 18.2 Å². The second-order valence-corrected chi connectivity index (χ2v) is 4.16. The lowest BCUT2D eigenvalue weighted by molar-refractivity contribution is 0.0375. The van der Waals surface area contributed by atoms with Crippen LogP contribution in [-0.4, -0.2) is 53.7 Å². The average molecular weight is 270 g/mol. The Bertz CT molecular complexity index is 437. The van der Waals surface area contributed by atoms with Crippen molar-refractivity contribution in [3.05, 3.63) is 23.8 Å². The molecule has 0 aromatic heterocycles. The maximum Gasteiger partial charge on any atom is 0.254 e. The molecule has 1 aromatic rings. The van der Waals surface area contributed by atoms with Gasteiger partial charge in [0, 0.05) is 5.69 Å². The van der Waals surface area contributed by atoms with Gasteiger partial charge in [-0.3, -0.25) is 4.79 Å². The molecule has 0 aliphatic carbocycles. The summed E-state index contributed by atoms with van der Waals surface area (Å²) < 4.78 is 4.99. The lowest BCUT2D eigenvalue weighted by atomic mass is 10.0. The summed E-state index contributed by atoms with van der Waals surface area (Å²) in [6, 6.07) is 4.54. The number of carbonyl (C=O) groups is 1. The number of aliphatic hydroxyl groups is 3. The maximum atomic E-state index is 12.0. The highest BCUT2D eigenvalue weighted by atomic mass is 16.5. The molecule has 0 unspecified atom stereocenters. The number of amides is 1. The molecule has 0 saturated carbocycles. The Morgan fingerprint density at radius 3 is 2.37 bits per heavy atom. The predicted molar refractivity (Wildman–Crippen MR) is 68.9 cm³/mol. The van der Waals surface area contributed by atoms with E-state index in [1.165, 1.54) is 19.2 Å². The number of nitrogens with one attached hydrogen (secondary N) is 1. The van der Waals surface area contributed by atoms with E-state index >= 15 is 0 Å². The van der Waals surface area contributed by atoms with Crippen molar-refractivity contribution >= 4 is 11.6 Å². The molecule has 0 saturated heterocycles. The molecule has 0 atom stereocenters. The van der Waals surface area contributed by atoms with Gasteiger partial charge in [-0.25, -0.2) is 0 Å². The van der Waals surface area contributed by atoms with Crippen molar-refractivity contribution in [2.24, 2.45) is 0 Å². The first-order valence-corrected chi connectivity index (χ1v) is 5.60. The molecule has 7 nitrogen and oxygen atoms in total.